The van der Waals surface area contributed by atoms with Crippen molar-refractivity contribution >= 4 is 16.7 Å². The molecular formula is C21H22N2O. The standard InChI is InChI=1S/C21H22N2O/c1-4-15(2)23(3)21(24)19-14-17-12-8-9-13-18(17)20(22-19)16-10-6-5-7-11-16/h5-15H,4H2,1-3H3/t15-/m1/s1. The van der Waals surface area contributed by atoms with Gasteiger partial charge < -0.3 is 4.90 Å². The first-order valence-electron chi connectivity index (χ1n) is 8.34. The number of aromatic nitrogens is 1. The minimum absolute atomic E-state index is 0.0349. The molecule has 0 spiro atoms. The van der Waals surface area contributed by atoms with Crippen molar-refractivity contribution in [1.82, 2.24) is 9.88 Å². The Labute approximate surface area is 143 Å². The summed E-state index contributed by atoms with van der Waals surface area (Å²) in [6, 6.07) is 20.2. The summed E-state index contributed by atoms with van der Waals surface area (Å²) >= 11 is 0. The fraction of sp³-hybridized carbons (Fsp3) is 0.238. The van der Waals surface area contributed by atoms with Crippen molar-refractivity contribution in [2.24, 2.45) is 0 Å². The molecule has 0 saturated heterocycles. The smallest absolute Gasteiger partial charge is 0.272 e. The van der Waals surface area contributed by atoms with Crippen LogP contribution >= 0.6 is 0 Å². The number of benzene rings is 2. The van der Waals surface area contributed by atoms with Gasteiger partial charge in [-0.15, -0.1) is 0 Å². The fourth-order valence-corrected chi connectivity index (χ4v) is 2.78. The average molecular weight is 318 g/mol. The summed E-state index contributed by atoms with van der Waals surface area (Å²) in [5.41, 5.74) is 2.37. The molecule has 24 heavy (non-hydrogen) atoms. The van der Waals surface area contributed by atoms with Gasteiger partial charge in [-0.05, 0) is 24.8 Å². The van der Waals surface area contributed by atoms with Crippen LogP contribution < -0.4 is 0 Å². The second kappa shape index (κ2) is 6.83. The molecule has 0 fully saturated rings. The van der Waals surface area contributed by atoms with E-state index in [9.17, 15) is 4.79 Å². The quantitative estimate of drug-likeness (QED) is 0.694. The molecule has 3 heteroatoms. The molecule has 2 aromatic carbocycles. The zero-order valence-electron chi connectivity index (χ0n) is 14.4. The lowest BCUT2D eigenvalue weighted by atomic mass is 10.0. The van der Waals surface area contributed by atoms with E-state index in [4.69, 9.17) is 4.98 Å². The number of carbonyl (C=O) groups is 1. The third-order valence-electron chi connectivity index (χ3n) is 4.58. The highest BCUT2D eigenvalue weighted by atomic mass is 16.2. The zero-order chi connectivity index (χ0) is 17.1. The SMILES string of the molecule is CC[C@@H](C)N(C)C(=O)c1cc2ccccc2c(-c2ccccc2)n1. The van der Waals surface area contributed by atoms with E-state index >= 15 is 0 Å². The molecule has 0 N–H and O–H groups in total. The molecule has 1 amide bonds. The van der Waals surface area contributed by atoms with E-state index in [0.29, 0.717) is 5.69 Å². The van der Waals surface area contributed by atoms with E-state index in [1.807, 2.05) is 61.6 Å². The maximum atomic E-state index is 12.8. The summed E-state index contributed by atoms with van der Waals surface area (Å²) in [6.07, 6.45) is 0.918. The van der Waals surface area contributed by atoms with Crippen molar-refractivity contribution in [2.45, 2.75) is 26.3 Å². The average Bonchev–Trinajstić information content (AvgIpc) is 2.65. The zero-order valence-corrected chi connectivity index (χ0v) is 14.4. The number of hydrogen-bond donors (Lipinski definition) is 0. The number of nitrogens with zero attached hydrogens (tertiary/aromatic N) is 2. The number of hydrogen-bond acceptors (Lipinski definition) is 2. The van der Waals surface area contributed by atoms with Crippen molar-refractivity contribution in [2.75, 3.05) is 7.05 Å². The predicted molar refractivity (Wildman–Crippen MR) is 99.0 cm³/mol. The molecule has 0 saturated carbocycles. The molecule has 122 valence electrons. The first-order chi connectivity index (χ1) is 11.6. The van der Waals surface area contributed by atoms with E-state index in [0.717, 1.165) is 28.5 Å². The van der Waals surface area contributed by atoms with Crippen molar-refractivity contribution in [3.05, 3.63) is 66.4 Å². The van der Waals surface area contributed by atoms with E-state index in [1.54, 1.807) is 4.90 Å². The van der Waals surface area contributed by atoms with E-state index in [-0.39, 0.29) is 11.9 Å². The Morgan fingerprint density at radius 2 is 1.75 bits per heavy atom. The molecule has 3 nitrogen and oxygen atoms in total. The minimum atomic E-state index is -0.0349. The molecule has 0 aliphatic heterocycles. The van der Waals surface area contributed by atoms with E-state index < -0.39 is 0 Å². The van der Waals surface area contributed by atoms with Gasteiger partial charge in [-0.3, -0.25) is 4.79 Å². The van der Waals surface area contributed by atoms with Crippen molar-refractivity contribution < 1.29 is 4.79 Å². The van der Waals surface area contributed by atoms with E-state index in [1.165, 1.54) is 0 Å². The molecule has 0 radical (unpaired) electrons. The van der Waals surface area contributed by atoms with Gasteiger partial charge >= 0.3 is 0 Å². The van der Waals surface area contributed by atoms with Gasteiger partial charge in [0.25, 0.3) is 5.91 Å². The summed E-state index contributed by atoms with van der Waals surface area (Å²) in [4.78, 5) is 19.3. The van der Waals surface area contributed by atoms with Gasteiger partial charge in [0.2, 0.25) is 0 Å². The monoisotopic (exact) mass is 318 g/mol. The van der Waals surface area contributed by atoms with Crippen LogP contribution in [0.3, 0.4) is 0 Å². The third kappa shape index (κ3) is 3.02. The molecule has 3 rings (SSSR count). The fourth-order valence-electron chi connectivity index (χ4n) is 2.78. The van der Waals surface area contributed by atoms with Crippen molar-refractivity contribution in [3.63, 3.8) is 0 Å². The Morgan fingerprint density at radius 3 is 2.46 bits per heavy atom. The van der Waals surface area contributed by atoms with Crippen LogP contribution in [0, 0.1) is 0 Å². The Hall–Kier alpha value is -2.68. The van der Waals surface area contributed by atoms with Gasteiger partial charge in [-0.25, -0.2) is 4.98 Å². The van der Waals surface area contributed by atoms with Gasteiger partial charge in [0.1, 0.15) is 5.69 Å². The highest BCUT2D eigenvalue weighted by Gasteiger charge is 2.19. The van der Waals surface area contributed by atoms with Crippen molar-refractivity contribution in [3.8, 4) is 11.3 Å². The Kier molecular flexibility index (Phi) is 4.61. The first-order valence-corrected chi connectivity index (χ1v) is 8.34. The highest BCUT2D eigenvalue weighted by molar-refractivity contribution is 6.01. The molecule has 0 aliphatic carbocycles. The molecule has 0 bridgehead atoms. The van der Waals surface area contributed by atoms with Gasteiger partial charge in [-0.2, -0.15) is 0 Å². The van der Waals surface area contributed by atoms with Crippen LogP contribution in [0.4, 0.5) is 0 Å². The number of amides is 1. The molecule has 1 aromatic heterocycles. The summed E-state index contributed by atoms with van der Waals surface area (Å²) in [6.45, 7) is 4.13. The largest absolute Gasteiger partial charge is 0.338 e. The van der Waals surface area contributed by atoms with Crippen LogP contribution in [0.25, 0.3) is 22.0 Å². The van der Waals surface area contributed by atoms with Gasteiger partial charge in [0.15, 0.2) is 0 Å². The van der Waals surface area contributed by atoms with Crippen LogP contribution in [0.1, 0.15) is 30.8 Å². The Morgan fingerprint density at radius 1 is 1.08 bits per heavy atom. The Balaban J connectivity index is 2.16. The normalized spacial score (nSPS) is 12.1. The van der Waals surface area contributed by atoms with Crippen LogP contribution in [-0.2, 0) is 0 Å². The molecule has 1 atom stereocenters. The second-order valence-corrected chi connectivity index (χ2v) is 6.12. The lowest BCUT2D eigenvalue weighted by Gasteiger charge is -2.23. The summed E-state index contributed by atoms with van der Waals surface area (Å²) in [5, 5.41) is 2.10. The van der Waals surface area contributed by atoms with Gasteiger partial charge in [0.05, 0.1) is 5.69 Å². The van der Waals surface area contributed by atoms with Gasteiger partial charge in [0, 0.05) is 24.0 Å². The number of pyridine rings is 1. The molecule has 0 aliphatic rings. The minimum Gasteiger partial charge on any atom is -0.338 e. The molecular weight excluding hydrogens is 296 g/mol. The summed E-state index contributed by atoms with van der Waals surface area (Å²) in [7, 11) is 1.84. The molecule has 1 heterocycles. The molecule has 0 unspecified atom stereocenters. The first kappa shape index (κ1) is 16.2. The van der Waals surface area contributed by atoms with Gasteiger partial charge in [-0.1, -0.05) is 61.5 Å². The number of fused-ring (bicyclic) bond motifs is 1. The summed E-state index contributed by atoms with van der Waals surface area (Å²) < 4.78 is 0. The van der Waals surface area contributed by atoms with Crippen LogP contribution in [0.15, 0.2) is 60.7 Å². The van der Waals surface area contributed by atoms with Crippen LogP contribution in [0.2, 0.25) is 0 Å². The topological polar surface area (TPSA) is 33.2 Å². The van der Waals surface area contributed by atoms with E-state index in [2.05, 4.69) is 19.9 Å². The highest BCUT2D eigenvalue weighted by Crippen LogP contribution is 2.28. The predicted octanol–water partition coefficient (Wildman–Crippen LogP) is 4.77. The number of rotatable bonds is 4. The molecule has 3 aromatic rings. The lowest BCUT2D eigenvalue weighted by Crippen LogP contribution is -2.35. The maximum Gasteiger partial charge on any atom is 0.272 e. The third-order valence-corrected chi connectivity index (χ3v) is 4.58. The van der Waals surface area contributed by atoms with Crippen molar-refractivity contribution in [1.29, 1.82) is 0 Å². The summed E-state index contributed by atoms with van der Waals surface area (Å²) in [5.74, 6) is -0.0349. The second-order valence-electron chi connectivity index (χ2n) is 6.12. The lowest BCUT2D eigenvalue weighted by molar-refractivity contribution is 0.0735. The van der Waals surface area contributed by atoms with Crippen LogP contribution in [-0.4, -0.2) is 28.9 Å². The van der Waals surface area contributed by atoms with Crippen LogP contribution in [0.5, 0.6) is 0 Å². The maximum absolute atomic E-state index is 12.8. The number of carbonyl (C=O) groups excluding carboxylic acids is 1. The Bertz CT molecular complexity index is 858.